The molecule has 1 saturated carbocycles. The third-order valence-corrected chi connectivity index (χ3v) is 5.32. The molecule has 4 rings (SSSR count). The Morgan fingerprint density at radius 1 is 1.25 bits per heavy atom. The molecule has 24 heavy (non-hydrogen) atoms. The molecule has 0 radical (unpaired) electrons. The summed E-state index contributed by atoms with van der Waals surface area (Å²) in [7, 11) is 0. The van der Waals surface area contributed by atoms with Gasteiger partial charge in [-0.25, -0.2) is 4.98 Å². The molecule has 1 amide bonds. The van der Waals surface area contributed by atoms with Gasteiger partial charge in [0, 0.05) is 11.8 Å². The molecule has 122 valence electrons. The molecule has 0 spiro atoms. The second-order valence-corrected chi connectivity index (χ2v) is 7.01. The molecule has 3 aromatic rings. The normalized spacial score (nSPS) is 21.2. The average Bonchev–Trinajstić information content (AvgIpc) is 3.05. The predicted octanol–water partition coefficient (Wildman–Crippen LogP) is 2.93. The Balaban J connectivity index is 1.58. The van der Waals surface area contributed by atoms with E-state index in [0.717, 1.165) is 15.9 Å². The third kappa shape index (κ3) is 2.90. The first-order chi connectivity index (χ1) is 11.7. The standard InChI is InChI=1S/C18H17N3O2S/c22-13-7-12(8-13)17(14-3-1-2-6-19-14)21-18(23)11-4-5-16-15(9-11)20-10-24-16/h1-6,9-10,12-13,17,22H,7-8H2,(H,21,23). The number of amides is 1. The van der Waals surface area contributed by atoms with Crippen LogP contribution in [0.3, 0.4) is 0 Å². The highest BCUT2D eigenvalue weighted by atomic mass is 32.1. The quantitative estimate of drug-likeness (QED) is 0.766. The number of nitrogens with zero attached hydrogens (tertiary/aromatic N) is 2. The van der Waals surface area contributed by atoms with Crippen LogP contribution in [0.25, 0.3) is 10.2 Å². The van der Waals surface area contributed by atoms with Gasteiger partial charge in [0.15, 0.2) is 0 Å². The first-order valence-electron chi connectivity index (χ1n) is 7.94. The van der Waals surface area contributed by atoms with Gasteiger partial charge in [0.1, 0.15) is 0 Å². The summed E-state index contributed by atoms with van der Waals surface area (Å²) in [6, 6.07) is 11.1. The molecule has 1 aliphatic carbocycles. The minimum Gasteiger partial charge on any atom is -0.393 e. The molecule has 1 aliphatic rings. The Morgan fingerprint density at radius 2 is 2.12 bits per heavy atom. The summed E-state index contributed by atoms with van der Waals surface area (Å²) in [6.45, 7) is 0. The van der Waals surface area contributed by atoms with Gasteiger partial charge in [-0.1, -0.05) is 6.07 Å². The van der Waals surface area contributed by atoms with Gasteiger partial charge < -0.3 is 10.4 Å². The van der Waals surface area contributed by atoms with Crippen molar-refractivity contribution in [1.82, 2.24) is 15.3 Å². The molecule has 1 atom stereocenters. The molecule has 2 N–H and O–H groups in total. The fourth-order valence-electron chi connectivity index (χ4n) is 3.12. The highest BCUT2D eigenvalue weighted by Crippen LogP contribution is 2.37. The van der Waals surface area contributed by atoms with E-state index >= 15 is 0 Å². The molecule has 1 unspecified atom stereocenters. The lowest BCUT2D eigenvalue weighted by Gasteiger charge is -2.37. The van der Waals surface area contributed by atoms with Gasteiger partial charge in [0.2, 0.25) is 0 Å². The van der Waals surface area contributed by atoms with E-state index in [1.165, 1.54) is 0 Å². The number of aliphatic hydroxyl groups is 1. The summed E-state index contributed by atoms with van der Waals surface area (Å²) in [6.07, 6.45) is 2.83. The largest absolute Gasteiger partial charge is 0.393 e. The van der Waals surface area contributed by atoms with Crippen molar-refractivity contribution >= 4 is 27.5 Å². The van der Waals surface area contributed by atoms with Crippen LogP contribution in [0.1, 0.15) is 34.9 Å². The summed E-state index contributed by atoms with van der Waals surface area (Å²) in [5.41, 5.74) is 4.03. The van der Waals surface area contributed by atoms with Crippen LogP contribution in [-0.2, 0) is 0 Å². The molecule has 0 bridgehead atoms. The Bertz CT molecular complexity index is 859. The van der Waals surface area contributed by atoms with Crippen LogP contribution in [-0.4, -0.2) is 27.1 Å². The van der Waals surface area contributed by atoms with Gasteiger partial charge in [-0.05, 0) is 49.1 Å². The minimum absolute atomic E-state index is 0.137. The second kappa shape index (κ2) is 6.30. The van der Waals surface area contributed by atoms with Gasteiger partial charge in [-0.3, -0.25) is 9.78 Å². The lowest BCUT2D eigenvalue weighted by Crippen LogP contribution is -2.41. The Labute approximate surface area is 143 Å². The zero-order valence-corrected chi connectivity index (χ0v) is 13.7. The summed E-state index contributed by atoms with van der Waals surface area (Å²) in [5, 5.41) is 12.7. The summed E-state index contributed by atoms with van der Waals surface area (Å²) < 4.78 is 1.06. The zero-order chi connectivity index (χ0) is 16.5. The molecule has 6 heteroatoms. The van der Waals surface area contributed by atoms with Gasteiger partial charge in [-0.2, -0.15) is 0 Å². The van der Waals surface area contributed by atoms with Crippen molar-refractivity contribution < 1.29 is 9.90 Å². The summed E-state index contributed by atoms with van der Waals surface area (Å²) in [5.74, 6) is 0.0730. The number of aliphatic hydroxyl groups excluding tert-OH is 1. The number of rotatable bonds is 4. The maximum absolute atomic E-state index is 12.7. The van der Waals surface area contributed by atoms with E-state index < -0.39 is 0 Å². The summed E-state index contributed by atoms with van der Waals surface area (Å²) >= 11 is 1.56. The molecule has 1 fully saturated rings. The number of hydrogen-bond acceptors (Lipinski definition) is 5. The third-order valence-electron chi connectivity index (χ3n) is 4.51. The lowest BCUT2D eigenvalue weighted by atomic mass is 9.76. The van der Waals surface area contributed by atoms with Crippen LogP contribution in [0.2, 0.25) is 0 Å². The number of fused-ring (bicyclic) bond motifs is 1. The molecule has 1 aromatic carbocycles. The molecule has 5 nitrogen and oxygen atoms in total. The van der Waals surface area contributed by atoms with E-state index in [9.17, 15) is 9.90 Å². The second-order valence-electron chi connectivity index (χ2n) is 6.13. The van der Waals surface area contributed by atoms with Crippen LogP contribution in [0, 0.1) is 5.92 Å². The summed E-state index contributed by atoms with van der Waals surface area (Å²) in [4.78, 5) is 21.3. The van der Waals surface area contributed by atoms with Crippen LogP contribution in [0.15, 0.2) is 48.1 Å². The van der Waals surface area contributed by atoms with Gasteiger partial charge >= 0.3 is 0 Å². The number of carbonyl (C=O) groups is 1. The molecular weight excluding hydrogens is 322 g/mol. The number of carbonyl (C=O) groups excluding carboxylic acids is 1. The zero-order valence-electron chi connectivity index (χ0n) is 12.9. The van der Waals surface area contributed by atoms with Crippen LogP contribution in [0.4, 0.5) is 0 Å². The van der Waals surface area contributed by atoms with E-state index in [1.54, 1.807) is 23.0 Å². The van der Waals surface area contributed by atoms with E-state index in [1.807, 2.05) is 36.4 Å². The molecule has 0 aliphatic heterocycles. The Hall–Kier alpha value is -2.31. The molecular formula is C18H17N3O2S. The predicted molar refractivity (Wildman–Crippen MR) is 92.8 cm³/mol. The van der Waals surface area contributed by atoms with Gasteiger partial charge in [-0.15, -0.1) is 11.3 Å². The molecule has 0 saturated heterocycles. The van der Waals surface area contributed by atoms with Crippen LogP contribution in [0.5, 0.6) is 0 Å². The SMILES string of the molecule is O=C(NC(c1ccccn1)C1CC(O)C1)c1ccc2scnc2c1. The lowest BCUT2D eigenvalue weighted by molar-refractivity contribution is 0.0228. The van der Waals surface area contributed by atoms with Crippen molar-refractivity contribution in [2.75, 3.05) is 0 Å². The van der Waals surface area contributed by atoms with Crippen molar-refractivity contribution in [3.05, 3.63) is 59.4 Å². The van der Waals surface area contributed by atoms with Crippen molar-refractivity contribution in [3.8, 4) is 0 Å². The van der Waals surface area contributed by atoms with Crippen molar-refractivity contribution in [3.63, 3.8) is 0 Å². The first-order valence-corrected chi connectivity index (χ1v) is 8.82. The fourth-order valence-corrected chi connectivity index (χ4v) is 3.78. The Morgan fingerprint density at radius 3 is 2.88 bits per heavy atom. The minimum atomic E-state index is -0.274. The highest BCUT2D eigenvalue weighted by molar-refractivity contribution is 7.16. The monoisotopic (exact) mass is 339 g/mol. The molecule has 2 heterocycles. The van der Waals surface area contributed by atoms with Gasteiger partial charge in [0.05, 0.1) is 33.6 Å². The fraction of sp³-hybridized carbons (Fsp3) is 0.278. The first kappa shape index (κ1) is 15.2. The number of benzene rings is 1. The number of hydrogen-bond donors (Lipinski definition) is 2. The van der Waals surface area contributed by atoms with E-state index in [4.69, 9.17) is 0 Å². The van der Waals surface area contributed by atoms with Crippen LogP contribution < -0.4 is 5.32 Å². The van der Waals surface area contributed by atoms with E-state index in [2.05, 4.69) is 15.3 Å². The van der Waals surface area contributed by atoms with E-state index in [-0.39, 0.29) is 24.0 Å². The van der Waals surface area contributed by atoms with Crippen molar-refractivity contribution in [2.24, 2.45) is 5.92 Å². The highest BCUT2D eigenvalue weighted by Gasteiger charge is 2.36. The van der Waals surface area contributed by atoms with Crippen molar-refractivity contribution in [1.29, 1.82) is 0 Å². The number of thiazole rings is 1. The topological polar surface area (TPSA) is 75.1 Å². The van der Waals surface area contributed by atoms with Crippen LogP contribution >= 0.6 is 11.3 Å². The Kier molecular flexibility index (Phi) is 4.00. The number of pyridine rings is 1. The maximum atomic E-state index is 12.7. The molecule has 2 aromatic heterocycles. The number of nitrogens with one attached hydrogen (secondary N) is 1. The van der Waals surface area contributed by atoms with Crippen molar-refractivity contribution in [2.45, 2.75) is 25.0 Å². The maximum Gasteiger partial charge on any atom is 0.251 e. The smallest absolute Gasteiger partial charge is 0.251 e. The van der Waals surface area contributed by atoms with Gasteiger partial charge in [0.25, 0.3) is 5.91 Å². The van der Waals surface area contributed by atoms with E-state index in [0.29, 0.717) is 18.4 Å². The average molecular weight is 339 g/mol. The number of aromatic nitrogens is 2.